The van der Waals surface area contributed by atoms with Gasteiger partial charge in [-0.25, -0.2) is 4.98 Å². The third kappa shape index (κ3) is 6.03. The molecule has 33 heavy (non-hydrogen) atoms. The molecule has 7 nitrogen and oxygen atoms in total. The van der Waals surface area contributed by atoms with Crippen LogP contribution in [0.25, 0.3) is 11.3 Å². The minimum Gasteiger partial charge on any atom is -0.493 e. The van der Waals surface area contributed by atoms with Gasteiger partial charge in [-0.15, -0.1) is 11.3 Å². The number of amides is 2. The number of hydrogen-bond acceptors (Lipinski definition) is 6. The molecule has 1 aliphatic rings. The molecule has 2 amide bonds. The van der Waals surface area contributed by atoms with Gasteiger partial charge in [-0.1, -0.05) is 23.7 Å². The summed E-state index contributed by atoms with van der Waals surface area (Å²) in [6, 6.07) is 13.0. The molecule has 9 heteroatoms. The number of rotatable bonds is 8. The molecule has 0 bridgehead atoms. The van der Waals surface area contributed by atoms with E-state index in [2.05, 4.69) is 15.6 Å². The average Bonchev–Trinajstić information content (AvgIpc) is 3.26. The van der Waals surface area contributed by atoms with Crippen molar-refractivity contribution in [3.8, 4) is 22.8 Å². The van der Waals surface area contributed by atoms with Crippen LogP contribution in [0.5, 0.6) is 11.5 Å². The molecule has 3 aromatic rings. The summed E-state index contributed by atoms with van der Waals surface area (Å²) in [5, 5.41) is 8.80. The predicted molar refractivity (Wildman–Crippen MR) is 129 cm³/mol. The lowest BCUT2D eigenvalue weighted by molar-refractivity contribution is -0.120. The first-order valence-electron chi connectivity index (χ1n) is 10.7. The molecule has 1 atom stereocenters. The van der Waals surface area contributed by atoms with Gasteiger partial charge in [0.2, 0.25) is 11.8 Å². The van der Waals surface area contributed by atoms with E-state index in [0.29, 0.717) is 48.4 Å². The molecule has 0 saturated heterocycles. The summed E-state index contributed by atoms with van der Waals surface area (Å²) in [7, 11) is 0. The minimum absolute atomic E-state index is 0.0748. The van der Waals surface area contributed by atoms with Crippen LogP contribution in [0.1, 0.15) is 37.8 Å². The Morgan fingerprint density at radius 2 is 2.12 bits per heavy atom. The number of aromatic nitrogens is 1. The molecule has 2 heterocycles. The lowest BCUT2D eigenvalue weighted by Crippen LogP contribution is -2.30. The fraction of sp³-hybridized carbons (Fsp3) is 0.292. The second kappa shape index (κ2) is 10.7. The van der Waals surface area contributed by atoms with E-state index in [4.69, 9.17) is 21.1 Å². The zero-order chi connectivity index (χ0) is 23.2. The summed E-state index contributed by atoms with van der Waals surface area (Å²) in [5.74, 6) is 1.18. The molecule has 1 aliphatic heterocycles. The van der Waals surface area contributed by atoms with Crippen LogP contribution in [0, 0.1) is 0 Å². The molecule has 0 fully saturated rings. The summed E-state index contributed by atoms with van der Waals surface area (Å²) in [4.78, 5) is 28.4. The Kier molecular flexibility index (Phi) is 7.47. The minimum atomic E-state index is -0.122. The van der Waals surface area contributed by atoms with Gasteiger partial charge in [-0.05, 0) is 36.8 Å². The summed E-state index contributed by atoms with van der Waals surface area (Å²) in [6.07, 6.45) is 1.59. The van der Waals surface area contributed by atoms with Gasteiger partial charge in [-0.2, -0.15) is 0 Å². The van der Waals surface area contributed by atoms with Crippen LogP contribution in [0.4, 0.5) is 5.13 Å². The van der Waals surface area contributed by atoms with Crippen molar-refractivity contribution in [1.82, 2.24) is 10.3 Å². The molecular formula is C24H24ClN3O4S. The molecule has 1 aromatic heterocycles. The van der Waals surface area contributed by atoms with Crippen LogP contribution in [0.3, 0.4) is 0 Å². The van der Waals surface area contributed by atoms with E-state index in [-0.39, 0.29) is 17.9 Å². The molecule has 0 radical (unpaired) electrons. The Morgan fingerprint density at radius 1 is 1.27 bits per heavy atom. The highest BCUT2D eigenvalue weighted by atomic mass is 35.5. The van der Waals surface area contributed by atoms with Crippen molar-refractivity contribution in [1.29, 1.82) is 0 Å². The normalized spacial score (nSPS) is 14.7. The van der Waals surface area contributed by atoms with Crippen LogP contribution in [0.2, 0.25) is 5.02 Å². The van der Waals surface area contributed by atoms with Gasteiger partial charge in [0.1, 0.15) is 11.5 Å². The lowest BCUT2D eigenvalue weighted by atomic mass is 9.97. The van der Waals surface area contributed by atoms with E-state index in [0.717, 1.165) is 22.6 Å². The van der Waals surface area contributed by atoms with Gasteiger partial charge in [0.05, 0.1) is 30.0 Å². The highest BCUT2D eigenvalue weighted by Crippen LogP contribution is 2.36. The Bertz CT molecular complexity index is 1150. The Hall–Kier alpha value is -3.10. The summed E-state index contributed by atoms with van der Waals surface area (Å²) in [6.45, 7) is 2.47. The molecular weight excluding hydrogens is 462 g/mol. The number of hydrogen-bond donors (Lipinski definition) is 2. The number of thiazole rings is 1. The van der Waals surface area contributed by atoms with Crippen LogP contribution in [0.15, 0.2) is 47.8 Å². The first-order chi connectivity index (χ1) is 16.0. The molecule has 4 rings (SSSR count). The van der Waals surface area contributed by atoms with Gasteiger partial charge in [0, 0.05) is 36.3 Å². The molecule has 2 N–H and O–H groups in total. The molecule has 172 valence electrons. The Balaban J connectivity index is 1.33. The zero-order valence-corrected chi connectivity index (χ0v) is 19.7. The van der Waals surface area contributed by atoms with Gasteiger partial charge >= 0.3 is 0 Å². The molecule has 2 aromatic carbocycles. The number of nitrogens with one attached hydrogen (secondary N) is 2. The van der Waals surface area contributed by atoms with Crippen molar-refractivity contribution in [3.05, 3.63) is 58.4 Å². The number of fused-ring (bicyclic) bond motifs is 1. The van der Waals surface area contributed by atoms with Gasteiger partial charge in [0.15, 0.2) is 5.13 Å². The van der Waals surface area contributed by atoms with Crippen molar-refractivity contribution in [2.75, 3.05) is 18.5 Å². The topological polar surface area (TPSA) is 89.6 Å². The second-order valence-corrected chi connectivity index (χ2v) is 8.88. The second-order valence-electron chi connectivity index (χ2n) is 7.61. The molecule has 1 unspecified atom stereocenters. The van der Waals surface area contributed by atoms with Gasteiger partial charge in [-0.3, -0.25) is 9.59 Å². The van der Waals surface area contributed by atoms with Crippen LogP contribution >= 0.6 is 22.9 Å². The summed E-state index contributed by atoms with van der Waals surface area (Å²) < 4.78 is 11.3. The maximum Gasteiger partial charge on any atom is 0.226 e. The van der Waals surface area contributed by atoms with E-state index >= 15 is 0 Å². The maximum atomic E-state index is 12.3. The number of carbonyl (C=O) groups excluding carboxylic acids is 2. The fourth-order valence-corrected chi connectivity index (χ4v) is 4.50. The zero-order valence-electron chi connectivity index (χ0n) is 18.1. The number of anilines is 1. The van der Waals surface area contributed by atoms with E-state index in [1.807, 2.05) is 35.7 Å². The van der Waals surface area contributed by atoms with E-state index in [1.165, 1.54) is 18.3 Å². The highest BCUT2D eigenvalue weighted by molar-refractivity contribution is 7.14. The lowest BCUT2D eigenvalue weighted by Gasteiger charge is -2.26. The van der Waals surface area contributed by atoms with Crippen molar-refractivity contribution < 1.29 is 19.1 Å². The summed E-state index contributed by atoms with van der Waals surface area (Å²) >= 11 is 7.43. The van der Waals surface area contributed by atoms with Gasteiger partial charge in [0.25, 0.3) is 0 Å². The van der Waals surface area contributed by atoms with Crippen molar-refractivity contribution in [2.24, 2.45) is 0 Å². The fourth-order valence-electron chi connectivity index (χ4n) is 3.57. The maximum absolute atomic E-state index is 12.3. The highest BCUT2D eigenvalue weighted by Gasteiger charge is 2.23. The van der Waals surface area contributed by atoms with Crippen molar-refractivity contribution >= 4 is 39.9 Å². The number of carbonyl (C=O) groups is 2. The third-order valence-corrected chi connectivity index (χ3v) is 6.19. The number of halogens is 1. The first kappa shape index (κ1) is 23.1. The van der Waals surface area contributed by atoms with Crippen LogP contribution in [-0.2, 0) is 9.59 Å². The van der Waals surface area contributed by atoms with E-state index in [1.54, 1.807) is 12.1 Å². The van der Waals surface area contributed by atoms with Crippen molar-refractivity contribution in [2.45, 2.75) is 32.2 Å². The molecule has 0 spiro atoms. The van der Waals surface area contributed by atoms with Crippen molar-refractivity contribution in [3.63, 3.8) is 0 Å². The van der Waals surface area contributed by atoms with Gasteiger partial charge < -0.3 is 20.1 Å². The number of para-hydroxylation sites is 1. The quantitative estimate of drug-likeness (QED) is 0.427. The Morgan fingerprint density at radius 3 is 2.94 bits per heavy atom. The largest absolute Gasteiger partial charge is 0.493 e. The SMILES string of the molecule is CC(=O)NC1CCOc2ccc(-c3csc(NC(=O)CCCOc4ccccc4Cl)n3)cc21. The Labute approximate surface area is 201 Å². The standard InChI is InChI=1S/C24H24ClN3O4S/c1-15(29)26-19-10-12-32-21-9-8-16(13-17(19)21)20-14-33-24(27-20)28-23(30)7-4-11-31-22-6-3-2-5-18(22)25/h2-3,5-6,8-9,13-14,19H,4,7,10-12H2,1H3,(H,26,29)(H,27,28,30). The molecule has 0 aliphatic carbocycles. The molecule has 0 saturated carbocycles. The number of ether oxygens (including phenoxy) is 2. The smallest absolute Gasteiger partial charge is 0.226 e. The van der Waals surface area contributed by atoms with E-state index in [9.17, 15) is 9.59 Å². The van der Waals surface area contributed by atoms with E-state index < -0.39 is 0 Å². The number of benzene rings is 2. The summed E-state index contributed by atoms with van der Waals surface area (Å²) in [5.41, 5.74) is 2.60. The third-order valence-electron chi connectivity index (χ3n) is 5.12. The van der Waals surface area contributed by atoms with Crippen LogP contribution < -0.4 is 20.1 Å². The average molecular weight is 486 g/mol. The monoisotopic (exact) mass is 485 g/mol. The van der Waals surface area contributed by atoms with Crippen LogP contribution in [-0.4, -0.2) is 30.0 Å². The first-order valence-corrected chi connectivity index (χ1v) is 11.9. The predicted octanol–water partition coefficient (Wildman–Crippen LogP) is 5.22. The number of nitrogens with zero attached hydrogens (tertiary/aromatic N) is 1.